The molecule has 0 radical (unpaired) electrons. The van der Waals surface area contributed by atoms with Crippen molar-refractivity contribution in [3.8, 4) is 5.75 Å². The summed E-state index contributed by atoms with van der Waals surface area (Å²) < 4.78 is 8.16. The molecule has 1 aliphatic heterocycles. The quantitative estimate of drug-likeness (QED) is 0.585. The van der Waals surface area contributed by atoms with E-state index in [-0.39, 0.29) is 30.4 Å². The van der Waals surface area contributed by atoms with Crippen molar-refractivity contribution in [3.05, 3.63) is 22.5 Å². The SMILES string of the molecule is Cc1nc2c(cc(OCC(=O)N3CCC(C(=O)NC(C)C(C)C)CC3)c3ccsc32)s1. The molecule has 1 fully saturated rings. The average molecular weight is 460 g/mol. The van der Waals surface area contributed by atoms with E-state index in [0.29, 0.717) is 31.8 Å². The fraction of sp³-hybridized carbons (Fsp3) is 0.522. The van der Waals surface area contributed by atoms with E-state index in [0.717, 1.165) is 31.1 Å². The summed E-state index contributed by atoms with van der Waals surface area (Å²) in [6, 6.07) is 4.18. The number of nitrogens with zero attached hydrogens (tertiary/aromatic N) is 2. The van der Waals surface area contributed by atoms with Crippen LogP contribution in [0, 0.1) is 18.8 Å². The lowest BCUT2D eigenvalue weighted by atomic mass is 9.95. The standard InChI is InChI=1S/C23H29N3O3S2/c1-13(2)14(3)24-23(28)16-5-8-26(9-6-16)20(27)12-29-18-11-19-21(25-15(4)31-19)22-17(18)7-10-30-22/h7,10-11,13-14,16H,5-6,8-9,12H2,1-4H3,(H,24,28). The van der Waals surface area contributed by atoms with Crippen LogP contribution in [-0.2, 0) is 9.59 Å². The Hall–Kier alpha value is -2.19. The van der Waals surface area contributed by atoms with Crippen molar-refractivity contribution in [1.82, 2.24) is 15.2 Å². The first-order valence-corrected chi connectivity index (χ1v) is 12.5. The lowest BCUT2D eigenvalue weighted by Gasteiger charge is -2.32. The van der Waals surface area contributed by atoms with E-state index in [2.05, 4.69) is 24.1 Å². The van der Waals surface area contributed by atoms with E-state index in [4.69, 9.17) is 4.74 Å². The zero-order valence-electron chi connectivity index (χ0n) is 18.4. The molecule has 1 unspecified atom stereocenters. The van der Waals surface area contributed by atoms with E-state index in [1.54, 1.807) is 22.7 Å². The van der Waals surface area contributed by atoms with Gasteiger partial charge in [0.15, 0.2) is 6.61 Å². The van der Waals surface area contributed by atoms with Gasteiger partial charge in [0.05, 0.1) is 19.9 Å². The number of thiophene rings is 1. The number of thiazole rings is 1. The summed E-state index contributed by atoms with van der Waals surface area (Å²) in [5, 5.41) is 7.16. The van der Waals surface area contributed by atoms with Crippen molar-refractivity contribution in [3.63, 3.8) is 0 Å². The number of carbonyl (C=O) groups is 2. The number of carbonyl (C=O) groups excluding carboxylic acids is 2. The van der Waals surface area contributed by atoms with Gasteiger partial charge in [0.1, 0.15) is 5.75 Å². The highest BCUT2D eigenvalue weighted by molar-refractivity contribution is 7.21. The van der Waals surface area contributed by atoms with Gasteiger partial charge in [-0.05, 0) is 44.1 Å². The number of aromatic nitrogens is 1. The summed E-state index contributed by atoms with van der Waals surface area (Å²) in [5.74, 6) is 1.20. The molecule has 0 aliphatic carbocycles. The molecule has 166 valence electrons. The van der Waals surface area contributed by atoms with Crippen molar-refractivity contribution in [2.45, 2.75) is 46.6 Å². The van der Waals surface area contributed by atoms with Crippen molar-refractivity contribution in [2.75, 3.05) is 19.7 Å². The van der Waals surface area contributed by atoms with Crippen LogP contribution >= 0.6 is 22.7 Å². The lowest BCUT2D eigenvalue weighted by Crippen LogP contribution is -2.46. The number of amides is 2. The second-order valence-electron chi connectivity index (χ2n) is 8.60. The highest BCUT2D eigenvalue weighted by Gasteiger charge is 2.28. The van der Waals surface area contributed by atoms with Gasteiger partial charge >= 0.3 is 0 Å². The maximum Gasteiger partial charge on any atom is 0.260 e. The summed E-state index contributed by atoms with van der Waals surface area (Å²) in [5.41, 5.74) is 1.01. The topological polar surface area (TPSA) is 71.5 Å². The van der Waals surface area contributed by atoms with Gasteiger partial charge in [0.25, 0.3) is 5.91 Å². The number of benzene rings is 1. The molecule has 1 aromatic carbocycles. The van der Waals surface area contributed by atoms with Gasteiger partial charge in [-0.2, -0.15) is 0 Å². The second kappa shape index (κ2) is 9.12. The monoisotopic (exact) mass is 459 g/mol. The molecule has 0 saturated carbocycles. The van der Waals surface area contributed by atoms with Gasteiger partial charge in [-0.1, -0.05) is 13.8 Å². The number of rotatable bonds is 6. The van der Waals surface area contributed by atoms with Crippen LogP contribution in [-0.4, -0.2) is 47.4 Å². The molecule has 3 heterocycles. The molecule has 0 spiro atoms. The normalized spacial score (nSPS) is 16.2. The largest absolute Gasteiger partial charge is 0.483 e. The molecule has 8 heteroatoms. The van der Waals surface area contributed by atoms with Gasteiger partial charge in [-0.25, -0.2) is 4.98 Å². The van der Waals surface area contributed by atoms with Crippen molar-refractivity contribution >= 4 is 54.8 Å². The Labute approximate surface area is 190 Å². The van der Waals surface area contributed by atoms with Crippen LogP contribution in [0.15, 0.2) is 17.5 Å². The zero-order valence-corrected chi connectivity index (χ0v) is 20.1. The first kappa shape index (κ1) is 22.0. The zero-order chi connectivity index (χ0) is 22.1. The molecule has 1 atom stereocenters. The Morgan fingerprint density at radius 3 is 2.74 bits per heavy atom. The van der Waals surface area contributed by atoms with Crippen LogP contribution in [0.25, 0.3) is 20.3 Å². The Kier molecular flexibility index (Phi) is 6.48. The fourth-order valence-electron chi connectivity index (χ4n) is 3.84. The number of piperidine rings is 1. The smallest absolute Gasteiger partial charge is 0.260 e. The predicted octanol–water partition coefficient (Wildman–Crippen LogP) is 4.60. The lowest BCUT2D eigenvalue weighted by molar-refractivity contribution is -0.137. The highest BCUT2D eigenvalue weighted by Crippen LogP contribution is 2.38. The molecule has 1 saturated heterocycles. The Morgan fingerprint density at radius 1 is 1.29 bits per heavy atom. The summed E-state index contributed by atoms with van der Waals surface area (Å²) in [4.78, 5) is 31.7. The van der Waals surface area contributed by atoms with E-state index < -0.39 is 0 Å². The van der Waals surface area contributed by atoms with E-state index in [1.807, 2.05) is 36.3 Å². The molecule has 3 aromatic rings. The average Bonchev–Trinajstić information content (AvgIpc) is 3.37. The minimum Gasteiger partial charge on any atom is -0.483 e. The molecule has 31 heavy (non-hydrogen) atoms. The number of ether oxygens (including phenoxy) is 1. The number of hydrogen-bond acceptors (Lipinski definition) is 6. The minimum absolute atomic E-state index is 0.00941. The van der Waals surface area contributed by atoms with Crippen LogP contribution < -0.4 is 10.1 Å². The summed E-state index contributed by atoms with van der Waals surface area (Å²) in [6.45, 7) is 9.44. The number of hydrogen-bond donors (Lipinski definition) is 1. The van der Waals surface area contributed by atoms with Crippen LogP contribution in [0.1, 0.15) is 38.6 Å². The summed E-state index contributed by atoms with van der Waals surface area (Å²) in [7, 11) is 0. The fourth-order valence-corrected chi connectivity index (χ4v) is 5.67. The molecular weight excluding hydrogens is 430 g/mol. The number of fused-ring (bicyclic) bond motifs is 3. The molecule has 1 N–H and O–H groups in total. The first-order valence-electron chi connectivity index (χ1n) is 10.8. The van der Waals surface area contributed by atoms with Gasteiger partial charge < -0.3 is 15.0 Å². The predicted molar refractivity (Wildman–Crippen MR) is 127 cm³/mol. The van der Waals surface area contributed by atoms with Crippen LogP contribution in [0.5, 0.6) is 5.75 Å². The third-order valence-corrected chi connectivity index (χ3v) is 7.95. The van der Waals surface area contributed by atoms with E-state index >= 15 is 0 Å². The third kappa shape index (κ3) is 4.70. The second-order valence-corrected chi connectivity index (χ2v) is 10.8. The Balaban J connectivity index is 1.35. The molecule has 6 nitrogen and oxygen atoms in total. The van der Waals surface area contributed by atoms with Gasteiger partial charge in [-0.3, -0.25) is 9.59 Å². The van der Waals surface area contributed by atoms with Crippen molar-refractivity contribution in [2.24, 2.45) is 11.8 Å². The van der Waals surface area contributed by atoms with E-state index in [9.17, 15) is 9.59 Å². The van der Waals surface area contributed by atoms with Crippen molar-refractivity contribution in [1.29, 1.82) is 0 Å². The third-order valence-electron chi connectivity index (χ3n) is 6.11. The van der Waals surface area contributed by atoms with Crippen LogP contribution in [0.4, 0.5) is 0 Å². The Bertz CT molecular complexity index is 1100. The van der Waals surface area contributed by atoms with Gasteiger partial charge in [-0.15, -0.1) is 22.7 Å². The maximum absolute atomic E-state index is 12.8. The number of nitrogens with one attached hydrogen (secondary N) is 1. The van der Waals surface area contributed by atoms with Crippen molar-refractivity contribution < 1.29 is 14.3 Å². The summed E-state index contributed by atoms with van der Waals surface area (Å²) >= 11 is 3.28. The highest BCUT2D eigenvalue weighted by atomic mass is 32.1. The van der Waals surface area contributed by atoms with Gasteiger partial charge in [0.2, 0.25) is 5.91 Å². The molecule has 4 rings (SSSR count). The summed E-state index contributed by atoms with van der Waals surface area (Å²) in [6.07, 6.45) is 1.40. The van der Waals surface area contributed by atoms with Crippen LogP contribution in [0.3, 0.4) is 0 Å². The van der Waals surface area contributed by atoms with Gasteiger partial charge in [0, 0.05) is 36.5 Å². The Morgan fingerprint density at radius 2 is 2.03 bits per heavy atom. The molecule has 0 bridgehead atoms. The van der Waals surface area contributed by atoms with E-state index in [1.165, 1.54) is 0 Å². The molecule has 2 amide bonds. The molecular formula is C23H29N3O3S2. The number of likely N-dealkylation sites (tertiary alicyclic amines) is 1. The van der Waals surface area contributed by atoms with Crippen LogP contribution in [0.2, 0.25) is 0 Å². The molecule has 2 aromatic heterocycles. The first-order chi connectivity index (χ1) is 14.8. The number of aryl methyl sites for hydroxylation is 1. The minimum atomic E-state index is -0.0293. The maximum atomic E-state index is 12.8. The molecule has 1 aliphatic rings.